The summed E-state index contributed by atoms with van der Waals surface area (Å²) in [7, 11) is 4.21. The fourth-order valence-electron chi connectivity index (χ4n) is 2.51. The Morgan fingerprint density at radius 1 is 1.45 bits per heavy atom. The molecule has 1 aromatic rings. The summed E-state index contributed by atoms with van der Waals surface area (Å²) in [5, 5.41) is 0. The molecule has 1 atom stereocenters. The molecule has 1 unspecified atom stereocenters. The summed E-state index contributed by atoms with van der Waals surface area (Å²) in [5.74, 6) is 0.704. The number of likely N-dealkylation sites (tertiary alicyclic amines) is 1. The first-order valence-electron chi connectivity index (χ1n) is 7.14. The number of hydrogen-bond donors (Lipinski definition) is 0. The second kappa shape index (κ2) is 7.24. The van der Waals surface area contributed by atoms with Crippen LogP contribution in [0.3, 0.4) is 0 Å². The van der Waals surface area contributed by atoms with E-state index in [1.807, 2.05) is 11.0 Å². The summed E-state index contributed by atoms with van der Waals surface area (Å²) in [6, 6.07) is 4.19. The molecule has 2 rings (SSSR count). The maximum atomic E-state index is 12.2. The zero-order chi connectivity index (χ0) is 14.4. The molecule has 1 saturated heterocycles. The van der Waals surface area contributed by atoms with Crippen LogP contribution in [0.15, 0.2) is 24.5 Å². The van der Waals surface area contributed by atoms with Crippen molar-refractivity contribution in [1.82, 2.24) is 14.8 Å². The molecule has 0 bridgehead atoms. The molecule has 0 aliphatic carbocycles. The minimum absolute atomic E-state index is 0.0632. The first kappa shape index (κ1) is 14.8. The van der Waals surface area contributed by atoms with Crippen molar-refractivity contribution in [3.05, 3.63) is 24.5 Å². The van der Waals surface area contributed by atoms with Crippen LogP contribution in [-0.2, 0) is 4.79 Å². The van der Waals surface area contributed by atoms with E-state index in [1.165, 1.54) is 0 Å². The van der Waals surface area contributed by atoms with Crippen molar-refractivity contribution in [3.63, 3.8) is 0 Å². The molecule has 1 aliphatic heterocycles. The third-order valence-corrected chi connectivity index (χ3v) is 3.78. The third kappa shape index (κ3) is 4.20. The summed E-state index contributed by atoms with van der Waals surface area (Å²) in [6.07, 6.45) is 6.55. The molecule has 0 spiro atoms. The number of amides is 1. The van der Waals surface area contributed by atoms with Crippen LogP contribution in [0.1, 0.15) is 19.3 Å². The molecule has 0 N–H and O–H groups in total. The van der Waals surface area contributed by atoms with Gasteiger partial charge in [-0.05, 0) is 45.5 Å². The number of nitrogens with zero attached hydrogens (tertiary/aromatic N) is 3. The lowest BCUT2D eigenvalue weighted by atomic mass is 10.1. The predicted molar refractivity (Wildman–Crippen MR) is 77.6 cm³/mol. The summed E-state index contributed by atoms with van der Waals surface area (Å²) in [5.41, 5.74) is 0. The van der Waals surface area contributed by atoms with E-state index in [2.05, 4.69) is 24.0 Å². The van der Waals surface area contributed by atoms with Crippen LogP contribution in [-0.4, -0.2) is 60.5 Å². The lowest BCUT2D eigenvalue weighted by molar-refractivity contribution is -0.133. The molecule has 110 valence electrons. The zero-order valence-electron chi connectivity index (χ0n) is 12.3. The van der Waals surface area contributed by atoms with Crippen LogP contribution in [0.2, 0.25) is 0 Å². The van der Waals surface area contributed by atoms with Crippen LogP contribution in [0.4, 0.5) is 0 Å². The lowest BCUT2D eigenvalue weighted by Gasteiger charge is -2.23. The SMILES string of the molecule is CN(C)C1CCCN(C(=O)COc2cccnc2)CC1. The molecule has 0 radical (unpaired) electrons. The van der Waals surface area contributed by atoms with Crippen LogP contribution in [0.25, 0.3) is 0 Å². The Morgan fingerprint density at radius 3 is 3.00 bits per heavy atom. The molecule has 0 saturated carbocycles. The monoisotopic (exact) mass is 277 g/mol. The maximum absolute atomic E-state index is 12.2. The summed E-state index contributed by atoms with van der Waals surface area (Å²) in [6.45, 7) is 1.75. The predicted octanol–water partition coefficient (Wildman–Crippen LogP) is 1.40. The number of ether oxygens (including phenoxy) is 1. The van der Waals surface area contributed by atoms with Crippen LogP contribution in [0, 0.1) is 0 Å². The van der Waals surface area contributed by atoms with Crippen molar-refractivity contribution in [1.29, 1.82) is 0 Å². The van der Waals surface area contributed by atoms with Gasteiger partial charge in [0.2, 0.25) is 0 Å². The van der Waals surface area contributed by atoms with Crippen molar-refractivity contribution in [2.45, 2.75) is 25.3 Å². The number of carbonyl (C=O) groups excluding carboxylic acids is 1. The van der Waals surface area contributed by atoms with Crippen LogP contribution < -0.4 is 4.74 Å². The highest BCUT2D eigenvalue weighted by Crippen LogP contribution is 2.15. The largest absolute Gasteiger partial charge is 0.482 e. The van der Waals surface area contributed by atoms with E-state index < -0.39 is 0 Å². The van der Waals surface area contributed by atoms with Crippen LogP contribution in [0.5, 0.6) is 5.75 Å². The fraction of sp³-hybridized carbons (Fsp3) is 0.600. The van der Waals surface area contributed by atoms with Gasteiger partial charge >= 0.3 is 0 Å². The van der Waals surface area contributed by atoms with Gasteiger partial charge in [0.05, 0.1) is 6.20 Å². The summed E-state index contributed by atoms with van der Waals surface area (Å²) < 4.78 is 5.47. The third-order valence-electron chi connectivity index (χ3n) is 3.78. The van der Waals surface area contributed by atoms with Crippen molar-refractivity contribution in [2.75, 3.05) is 33.8 Å². The van der Waals surface area contributed by atoms with Gasteiger partial charge in [-0.15, -0.1) is 0 Å². The second-order valence-electron chi connectivity index (χ2n) is 5.41. The molecule has 5 heteroatoms. The van der Waals surface area contributed by atoms with Gasteiger partial charge in [-0.2, -0.15) is 0 Å². The number of pyridine rings is 1. The average molecular weight is 277 g/mol. The molecular weight excluding hydrogens is 254 g/mol. The Bertz CT molecular complexity index is 422. The molecule has 1 amide bonds. The van der Waals surface area contributed by atoms with E-state index in [4.69, 9.17) is 4.74 Å². The molecule has 0 aromatic carbocycles. The van der Waals surface area contributed by atoms with Crippen molar-refractivity contribution < 1.29 is 9.53 Å². The number of rotatable bonds is 4. The van der Waals surface area contributed by atoms with Crippen molar-refractivity contribution >= 4 is 5.91 Å². The van der Waals surface area contributed by atoms with E-state index in [1.54, 1.807) is 18.5 Å². The number of aromatic nitrogens is 1. The van der Waals surface area contributed by atoms with Gasteiger partial charge in [-0.3, -0.25) is 9.78 Å². The molecule has 1 aliphatic rings. The standard InChI is InChI=1S/C15H23N3O2/c1-17(2)13-5-4-9-18(10-7-13)15(19)12-20-14-6-3-8-16-11-14/h3,6,8,11,13H,4-5,7,9-10,12H2,1-2H3. The first-order chi connectivity index (χ1) is 9.66. The normalized spacial score (nSPS) is 19.8. The van der Waals surface area contributed by atoms with Gasteiger partial charge < -0.3 is 14.5 Å². The molecule has 2 heterocycles. The van der Waals surface area contributed by atoms with Crippen molar-refractivity contribution in [2.24, 2.45) is 0 Å². The van der Waals surface area contributed by atoms with E-state index in [-0.39, 0.29) is 12.5 Å². The van der Waals surface area contributed by atoms with Crippen LogP contribution >= 0.6 is 0 Å². The first-order valence-corrected chi connectivity index (χ1v) is 7.14. The average Bonchev–Trinajstić information content (AvgIpc) is 2.72. The molecule has 20 heavy (non-hydrogen) atoms. The Kier molecular flexibility index (Phi) is 5.35. The van der Waals surface area contributed by atoms with Crippen molar-refractivity contribution in [3.8, 4) is 5.75 Å². The van der Waals surface area contributed by atoms with Gasteiger partial charge in [0.25, 0.3) is 5.91 Å². The van der Waals surface area contributed by atoms with E-state index in [9.17, 15) is 4.79 Å². The highest BCUT2D eigenvalue weighted by atomic mass is 16.5. The summed E-state index contributed by atoms with van der Waals surface area (Å²) in [4.78, 5) is 20.3. The highest BCUT2D eigenvalue weighted by molar-refractivity contribution is 5.77. The lowest BCUT2D eigenvalue weighted by Crippen LogP contribution is -2.36. The Hall–Kier alpha value is -1.62. The topological polar surface area (TPSA) is 45.7 Å². The molecule has 1 aromatic heterocycles. The maximum Gasteiger partial charge on any atom is 0.260 e. The quantitative estimate of drug-likeness (QED) is 0.834. The minimum atomic E-state index is 0.0632. The van der Waals surface area contributed by atoms with E-state index >= 15 is 0 Å². The van der Waals surface area contributed by atoms with Gasteiger partial charge in [-0.25, -0.2) is 0 Å². The second-order valence-corrected chi connectivity index (χ2v) is 5.41. The zero-order valence-corrected chi connectivity index (χ0v) is 12.3. The van der Waals surface area contributed by atoms with Gasteiger partial charge in [0.1, 0.15) is 5.75 Å². The van der Waals surface area contributed by atoms with E-state index in [0.29, 0.717) is 11.8 Å². The Morgan fingerprint density at radius 2 is 2.30 bits per heavy atom. The fourth-order valence-corrected chi connectivity index (χ4v) is 2.51. The minimum Gasteiger partial charge on any atom is -0.482 e. The molecule has 1 fully saturated rings. The van der Waals surface area contributed by atoms with Gasteiger partial charge in [0.15, 0.2) is 6.61 Å². The van der Waals surface area contributed by atoms with Gasteiger partial charge in [-0.1, -0.05) is 0 Å². The Balaban J connectivity index is 1.80. The number of hydrogen-bond acceptors (Lipinski definition) is 4. The van der Waals surface area contributed by atoms with E-state index in [0.717, 1.165) is 32.4 Å². The molecular formula is C15H23N3O2. The summed E-state index contributed by atoms with van der Waals surface area (Å²) >= 11 is 0. The smallest absolute Gasteiger partial charge is 0.260 e. The molecule has 5 nitrogen and oxygen atoms in total. The Labute approximate surface area is 120 Å². The van der Waals surface area contributed by atoms with Gasteiger partial charge in [0, 0.05) is 25.3 Å². The highest BCUT2D eigenvalue weighted by Gasteiger charge is 2.21. The number of carbonyl (C=O) groups is 1.